The molecule has 3 nitrogen and oxygen atoms in total. The average Bonchev–Trinajstić information content (AvgIpc) is 2.80. The van der Waals surface area contributed by atoms with Crippen molar-refractivity contribution in [3.63, 3.8) is 0 Å². The van der Waals surface area contributed by atoms with E-state index in [1.807, 2.05) is 0 Å². The molecule has 1 atom stereocenters. The van der Waals surface area contributed by atoms with Gasteiger partial charge in [-0.15, -0.1) is 0 Å². The normalized spacial score (nSPS) is 12.3. The minimum atomic E-state index is -0.732. The van der Waals surface area contributed by atoms with E-state index in [0.717, 1.165) is 25.7 Å². The molecule has 0 aromatic heterocycles. The molecule has 3 heteroatoms. The van der Waals surface area contributed by atoms with Gasteiger partial charge in [-0.3, -0.25) is 4.79 Å². The highest BCUT2D eigenvalue weighted by atomic mass is 16.4. The van der Waals surface area contributed by atoms with Crippen LogP contribution < -0.4 is 0 Å². The van der Waals surface area contributed by atoms with E-state index in [4.69, 9.17) is 5.11 Å². The summed E-state index contributed by atoms with van der Waals surface area (Å²) in [6, 6.07) is 0. The average molecular weight is 469 g/mol. The van der Waals surface area contributed by atoms with Crippen molar-refractivity contribution in [1.82, 2.24) is 0 Å². The summed E-state index contributed by atoms with van der Waals surface area (Å²) >= 11 is 0. The van der Waals surface area contributed by atoms with Gasteiger partial charge in [0.1, 0.15) is 0 Å². The lowest BCUT2D eigenvalue weighted by Crippen LogP contribution is -2.06. The fraction of sp³-hybridized carbons (Fsp3) is 0.967. The van der Waals surface area contributed by atoms with Gasteiger partial charge in [0.2, 0.25) is 0 Å². The highest BCUT2D eigenvalue weighted by Gasteiger charge is 2.05. The van der Waals surface area contributed by atoms with Crippen LogP contribution >= 0.6 is 0 Å². The van der Waals surface area contributed by atoms with E-state index in [-0.39, 0.29) is 12.5 Å². The van der Waals surface area contributed by atoms with Crippen molar-refractivity contribution in [1.29, 1.82) is 0 Å². The molecule has 33 heavy (non-hydrogen) atoms. The predicted octanol–water partition coefficient (Wildman–Crippen LogP) is 9.98. The number of rotatable bonds is 28. The van der Waals surface area contributed by atoms with E-state index < -0.39 is 5.97 Å². The number of aliphatic hydroxyl groups excluding tert-OH is 1. The molecule has 0 aliphatic rings. The van der Waals surface area contributed by atoms with Crippen LogP contribution in [0.25, 0.3) is 0 Å². The van der Waals surface area contributed by atoms with Crippen LogP contribution in [0.2, 0.25) is 0 Å². The number of aliphatic carboxylic acids is 1. The first-order chi connectivity index (χ1) is 16.2. The van der Waals surface area contributed by atoms with E-state index in [1.54, 1.807) is 0 Å². The first-order valence-electron chi connectivity index (χ1n) is 15.1. The van der Waals surface area contributed by atoms with E-state index in [0.29, 0.717) is 6.42 Å². The number of hydrogen-bond acceptors (Lipinski definition) is 2. The second-order valence-electron chi connectivity index (χ2n) is 10.5. The lowest BCUT2D eigenvalue weighted by molar-refractivity contribution is -0.137. The van der Waals surface area contributed by atoms with Crippen molar-refractivity contribution in [2.75, 3.05) is 0 Å². The molecule has 0 heterocycles. The highest BCUT2D eigenvalue weighted by molar-refractivity contribution is 5.66. The summed E-state index contributed by atoms with van der Waals surface area (Å²) in [7, 11) is 0. The van der Waals surface area contributed by atoms with Gasteiger partial charge >= 0.3 is 5.97 Å². The third-order valence-corrected chi connectivity index (χ3v) is 7.07. The summed E-state index contributed by atoms with van der Waals surface area (Å²) in [6.45, 7) is 2.29. The maximum atomic E-state index is 10.5. The standard InChI is InChI=1S/C30H60O3/c1-2-3-4-5-6-7-8-9-10-11-12-13-14-15-16-17-18-19-20-21-22-23-26-29(31)27-24-25-28-30(32)33/h29,31H,2-28H2,1H3,(H,32,33). The van der Waals surface area contributed by atoms with E-state index >= 15 is 0 Å². The molecule has 0 bridgehead atoms. The highest BCUT2D eigenvalue weighted by Crippen LogP contribution is 2.16. The first-order valence-corrected chi connectivity index (χ1v) is 15.1. The Hall–Kier alpha value is -0.570. The molecule has 198 valence electrons. The Balaban J connectivity index is 3.09. The minimum absolute atomic E-state index is 0.228. The van der Waals surface area contributed by atoms with Crippen molar-refractivity contribution in [2.45, 2.75) is 186 Å². The van der Waals surface area contributed by atoms with Crippen molar-refractivity contribution in [2.24, 2.45) is 0 Å². The van der Waals surface area contributed by atoms with Crippen LogP contribution in [-0.2, 0) is 4.79 Å². The number of carboxylic acids is 1. The Morgan fingerprint density at radius 1 is 0.485 bits per heavy atom. The SMILES string of the molecule is CCCCCCCCCCCCCCCCCCCCCCCCC(O)CCCCC(=O)O. The summed E-state index contributed by atoms with van der Waals surface area (Å²) < 4.78 is 0. The topological polar surface area (TPSA) is 57.5 Å². The van der Waals surface area contributed by atoms with Crippen LogP contribution in [-0.4, -0.2) is 22.3 Å². The molecule has 0 saturated heterocycles. The van der Waals surface area contributed by atoms with E-state index in [2.05, 4.69) is 6.92 Å². The van der Waals surface area contributed by atoms with Gasteiger partial charge in [0.15, 0.2) is 0 Å². The molecule has 0 aromatic carbocycles. The Morgan fingerprint density at radius 3 is 1.06 bits per heavy atom. The van der Waals surface area contributed by atoms with Crippen LogP contribution in [0, 0.1) is 0 Å². The molecule has 0 fully saturated rings. The molecule has 0 aromatic rings. The molecule has 0 aliphatic heterocycles. The van der Waals surface area contributed by atoms with Gasteiger partial charge in [-0.1, -0.05) is 155 Å². The Kier molecular flexibility index (Phi) is 27.2. The number of hydrogen-bond donors (Lipinski definition) is 2. The third kappa shape index (κ3) is 29.4. The molecule has 0 aliphatic carbocycles. The van der Waals surface area contributed by atoms with Crippen molar-refractivity contribution in [3.05, 3.63) is 0 Å². The first kappa shape index (κ1) is 32.4. The fourth-order valence-corrected chi connectivity index (χ4v) is 4.79. The van der Waals surface area contributed by atoms with E-state index in [9.17, 15) is 9.90 Å². The van der Waals surface area contributed by atoms with Gasteiger partial charge in [0, 0.05) is 6.42 Å². The number of carbonyl (C=O) groups is 1. The molecule has 0 radical (unpaired) electrons. The van der Waals surface area contributed by atoms with Crippen LogP contribution in [0.4, 0.5) is 0 Å². The summed E-state index contributed by atoms with van der Waals surface area (Å²) in [5, 5.41) is 18.5. The van der Waals surface area contributed by atoms with Gasteiger partial charge < -0.3 is 10.2 Å². The third-order valence-electron chi connectivity index (χ3n) is 7.07. The molecule has 0 amide bonds. The van der Waals surface area contributed by atoms with Gasteiger partial charge in [-0.05, 0) is 19.3 Å². The summed E-state index contributed by atoms with van der Waals surface area (Å²) in [5.41, 5.74) is 0. The second-order valence-corrected chi connectivity index (χ2v) is 10.5. The predicted molar refractivity (Wildman–Crippen MR) is 144 cm³/mol. The monoisotopic (exact) mass is 468 g/mol. The van der Waals surface area contributed by atoms with Gasteiger partial charge in [-0.2, -0.15) is 0 Å². The molecule has 0 spiro atoms. The Morgan fingerprint density at radius 2 is 0.758 bits per heavy atom. The van der Waals surface area contributed by atoms with Gasteiger partial charge in [0.25, 0.3) is 0 Å². The maximum absolute atomic E-state index is 10.5. The Labute approximate surface area is 207 Å². The Bertz CT molecular complexity index is 383. The molecular formula is C30H60O3. The quantitative estimate of drug-likeness (QED) is 0.112. The molecular weight excluding hydrogens is 408 g/mol. The largest absolute Gasteiger partial charge is 0.481 e. The smallest absolute Gasteiger partial charge is 0.303 e. The molecule has 0 saturated carbocycles. The number of unbranched alkanes of at least 4 members (excludes halogenated alkanes) is 22. The van der Waals surface area contributed by atoms with Crippen molar-refractivity contribution in [3.8, 4) is 0 Å². The number of carboxylic acid groups (broad SMARTS) is 1. The number of aliphatic hydroxyl groups is 1. The zero-order valence-corrected chi connectivity index (χ0v) is 22.5. The molecule has 1 unspecified atom stereocenters. The van der Waals surface area contributed by atoms with Gasteiger partial charge in [0.05, 0.1) is 6.10 Å². The summed E-state index contributed by atoms with van der Waals surface area (Å²) in [5.74, 6) is -0.732. The maximum Gasteiger partial charge on any atom is 0.303 e. The zero-order chi connectivity index (χ0) is 24.2. The lowest BCUT2D eigenvalue weighted by atomic mass is 10.0. The van der Waals surface area contributed by atoms with Crippen molar-refractivity contribution >= 4 is 5.97 Å². The summed E-state index contributed by atoms with van der Waals surface area (Å²) in [6.07, 6.45) is 33.9. The van der Waals surface area contributed by atoms with E-state index in [1.165, 1.54) is 135 Å². The van der Waals surface area contributed by atoms with Crippen LogP contribution in [0.5, 0.6) is 0 Å². The van der Waals surface area contributed by atoms with Crippen LogP contribution in [0.15, 0.2) is 0 Å². The molecule has 2 N–H and O–H groups in total. The van der Waals surface area contributed by atoms with Crippen LogP contribution in [0.1, 0.15) is 180 Å². The zero-order valence-electron chi connectivity index (χ0n) is 22.5. The van der Waals surface area contributed by atoms with Crippen LogP contribution in [0.3, 0.4) is 0 Å². The second kappa shape index (κ2) is 27.7. The van der Waals surface area contributed by atoms with Crippen molar-refractivity contribution < 1.29 is 15.0 Å². The van der Waals surface area contributed by atoms with Gasteiger partial charge in [-0.25, -0.2) is 0 Å². The lowest BCUT2D eigenvalue weighted by Gasteiger charge is -2.09. The minimum Gasteiger partial charge on any atom is -0.481 e. The molecule has 0 rings (SSSR count). The summed E-state index contributed by atoms with van der Waals surface area (Å²) in [4.78, 5) is 10.5. The fourth-order valence-electron chi connectivity index (χ4n) is 4.79.